The molecular formula is C11H15N3. The van der Waals surface area contributed by atoms with E-state index < -0.39 is 0 Å². The Labute approximate surface area is 83.8 Å². The molecule has 1 aromatic heterocycles. The third-order valence-corrected chi connectivity index (χ3v) is 3.75. The Kier molecular flexibility index (Phi) is 1.80. The molecule has 0 aliphatic heterocycles. The van der Waals surface area contributed by atoms with E-state index >= 15 is 0 Å². The standard InChI is InChI=1S/C11H15N3/c12-11(10-4-13-6-14-5-10)9-2-7-1-8(7)3-9/h4-9,11H,1-3,12H2. The van der Waals surface area contributed by atoms with Gasteiger partial charge in [0.2, 0.25) is 0 Å². The van der Waals surface area contributed by atoms with E-state index in [4.69, 9.17) is 5.73 Å². The average Bonchev–Trinajstić information content (AvgIpc) is 2.86. The highest BCUT2D eigenvalue weighted by Gasteiger charge is 2.47. The zero-order valence-electron chi connectivity index (χ0n) is 8.13. The molecular weight excluding hydrogens is 174 g/mol. The van der Waals surface area contributed by atoms with Crippen LogP contribution in [0.2, 0.25) is 0 Å². The van der Waals surface area contributed by atoms with Gasteiger partial charge >= 0.3 is 0 Å². The lowest BCUT2D eigenvalue weighted by atomic mass is 9.91. The molecule has 14 heavy (non-hydrogen) atoms. The number of hydrogen-bond acceptors (Lipinski definition) is 3. The monoisotopic (exact) mass is 189 g/mol. The maximum atomic E-state index is 6.20. The second kappa shape index (κ2) is 3.02. The molecule has 0 radical (unpaired) electrons. The minimum atomic E-state index is 0.156. The summed E-state index contributed by atoms with van der Waals surface area (Å²) in [4.78, 5) is 8.03. The summed E-state index contributed by atoms with van der Waals surface area (Å²) in [5.41, 5.74) is 7.30. The van der Waals surface area contributed by atoms with Gasteiger partial charge < -0.3 is 5.73 Å². The number of fused-ring (bicyclic) bond motifs is 1. The van der Waals surface area contributed by atoms with Crippen LogP contribution in [0.1, 0.15) is 30.9 Å². The van der Waals surface area contributed by atoms with Crippen molar-refractivity contribution in [2.75, 3.05) is 0 Å². The van der Waals surface area contributed by atoms with E-state index in [1.807, 2.05) is 12.4 Å². The second-order valence-electron chi connectivity index (χ2n) is 4.68. The number of nitrogens with two attached hydrogens (primary N) is 1. The van der Waals surface area contributed by atoms with Crippen LogP contribution >= 0.6 is 0 Å². The Bertz CT molecular complexity index is 315. The Morgan fingerprint density at radius 1 is 1.14 bits per heavy atom. The molecule has 1 aromatic rings. The van der Waals surface area contributed by atoms with Crippen LogP contribution in [0.25, 0.3) is 0 Å². The highest BCUT2D eigenvalue weighted by Crippen LogP contribution is 2.56. The fraction of sp³-hybridized carbons (Fsp3) is 0.636. The lowest BCUT2D eigenvalue weighted by Crippen LogP contribution is -2.20. The van der Waals surface area contributed by atoms with E-state index in [0.29, 0.717) is 5.92 Å². The van der Waals surface area contributed by atoms with Gasteiger partial charge in [0.15, 0.2) is 0 Å². The van der Waals surface area contributed by atoms with Gasteiger partial charge in [0, 0.05) is 24.0 Å². The van der Waals surface area contributed by atoms with Crippen molar-refractivity contribution in [3.05, 3.63) is 24.3 Å². The van der Waals surface area contributed by atoms with Crippen molar-refractivity contribution in [1.29, 1.82) is 0 Å². The van der Waals surface area contributed by atoms with Gasteiger partial charge in [0.25, 0.3) is 0 Å². The molecule has 3 rings (SSSR count). The molecule has 2 N–H and O–H groups in total. The minimum absolute atomic E-state index is 0.156. The zero-order chi connectivity index (χ0) is 9.54. The van der Waals surface area contributed by atoms with E-state index in [0.717, 1.165) is 17.4 Å². The summed E-state index contributed by atoms with van der Waals surface area (Å²) in [6.45, 7) is 0. The van der Waals surface area contributed by atoms with E-state index in [1.165, 1.54) is 19.3 Å². The second-order valence-corrected chi connectivity index (χ2v) is 4.68. The van der Waals surface area contributed by atoms with Crippen molar-refractivity contribution in [3.63, 3.8) is 0 Å². The third-order valence-electron chi connectivity index (χ3n) is 3.75. The maximum Gasteiger partial charge on any atom is 0.115 e. The van der Waals surface area contributed by atoms with Crippen LogP contribution in [0.3, 0.4) is 0 Å². The Balaban J connectivity index is 1.73. The van der Waals surface area contributed by atoms with E-state index in [2.05, 4.69) is 9.97 Å². The van der Waals surface area contributed by atoms with Crippen molar-refractivity contribution in [2.45, 2.75) is 25.3 Å². The van der Waals surface area contributed by atoms with Crippen molar-refractivity contribution >= 4 is 0 Å². The first-order chi connectivity index (χ1) is 6.84. The molecule has 2 aliphatic carbocycles. The molecule has 2 fully saturated rings. The van der Waals surface area contributed by atoms with Crippen molar-refractivity contribution in [2.24, 2.45) is 23.5 Å². The largest absolute Gasteiger partial charge is 0.324 e. The average molecular weight is 189 g/mol. The van der Waals surface area contributed by atoms with Crippen LogP contribution in [0.15, 0.2) is 18.7 Å². The number of hydrogen-bond donors (Lipinski definition) is 1. The predicted molar refractivity (Wildman–Crippen MR) is 53.3 cm³/mol. The van der Waals surface area contributed by atoms with Crippen LogP contribution in [-0.2, 0) is 0 Å². The Hall–Kier alpha value is -0.960. The summed E-state index contributed by atoms with van der Waals surface area (Å²) in [5, 5.41) is 0. The zero-order valence-corrected chi connectivity index (χ0v) is 8.13. The predicted octanol–water partition coefficient (Wildman–Crippen LogP) is 1.52. The topological polar surface area (TPSA) is 51.8 Å². The summed E-state index contributed by atoms with van der Waals surface area (Å²) in [6.07, 6.45) is 9.35. The fourth-order valence-corrected chi connectivity index (χ4v) is 2.81. The highest BCUT2D eigenvalue weighted by molar-refractivity contribution is 5.12. The van der Waals surface area contributed by atoms with Gasteiger partial charge in [-0.05, 0) is 37.0 Å². The highest BCUT2D eigenvalue weighted by atomic mass is 14.8. The Morgan fingerprint density at radius 2 is 1.79 bits per heavy atom. The molecule has 74 valence electrons. The summed E-state index contributed by atoms with van der Waals surface area (Å²) < 4.78 is 0. The van der Waals surface area contributed by atoms with Crippen LogP contribution in [0.4, 0.5) is 0 Å². The van der Waals surface area contributed by atoms with Gasteiger partial charge in [-0.2, -0.15) is 0 Å². The minimum Gasteiger partial charge on any atom is -0.324 e. The normalized spacial score (nSPS) is 36.5. The molecule has 3 atom stereocenters. The van der Waals surface area contributed by atoms with Crippen LogP contribution in [-0.4, -0.2) is 9.97 Å². The van der Waals surface area contributed by atoms with Gasteiger partial charge in [0.1, 0.15) is 6.33 Å². The Morgan fingerprint density at radius 3 is 2.43 bits per heavy atom. The number of nitrogens with zero attached hydrogens (tertiary/aromatic N) is 2. The summed E-state index contributed by atoms with van der Waals surface area (Å²) in [5.74, 6) is 2.66. The maximum absolute atomic E-state index is 6.20. The smallest absolute Gasteiger partial charge is 0.115 e. The summed E-state index contributed by atoms with van der Waals surface area (Å²) in [7, 11) is 0. The molecule has 0 bridgehead atoms. The van der Waals surface area contributed by atoms with Crippen LogP contribution in [0, 0.1) is 17.8 Å². The summed E-state index contributed by atoms with van der Waals surface area (Å²) in [6, 6.07) is 0.156. The molecule has 3 heteroatoms. The van der Waals surface area contributed by atoms with E-state index in [1.54, 1.807) is 6.33 Å². The molecule has 2 aliphatic rings. The first kappa shape index (κ1) is 8.36. The quantitative estimate of drug-likeness (QED) is 0.767. The molecule has 2 saturated carbocycles. The fourth-order valence-electron chi connectivity index (χ4n) is 2.81. The third kappa shape index (κ3) is 1.32. The van der Waals surface area contributed by atoms with Gasteiger partial charge in [-0.15, -0.1) is 0 Å². The van der Waals surface area contributed by atoms with Gasteiger partial charge in [0.05, 0.1) is 0 Å². The molecule has 0 aromatic carbocycles. The number of rotatable bonds is 2. The SMILES string of the molecule is NC(c1cncnc1)C1CC2CC2C1. The van der Waals surface area contributed by atoms with Crippen molar-refractivity contribution < 1.29 is 0 Å². The molecule has 0 amide bonds. The van der Waals surface area contributed by atoms with Gasteiger partial charge in [-0.3, -0.25) is 0 Å². The van der Waals surface area contributed by atoms with Gasteiger partial charge in [-0.25, -0.2) is 9.97 Å². The van der Waals surface area contributed by atoms with E-state index in [-0.39, 0.29) is 6.04 Å². The van der Waals surface area contributed by atoms with Gasteiger partial charge in [-0.1, -0.05) is 0 Å². The van der Waals surface area contributed by atoms with Crippen molar-refractivity contribution in [1.82, 2.24) is 9.97 Å². The van der Waals surface area contributed by atoms with E-state index in [9.17, 15) is 0 Å². The summed E-state index contributed by atoms with van der Waals surface area (Å²) >= 11 is 0. The molecule has 0 spiro atoms. The molecule has 3 nitrogen and oxygen atoms in total. The lowest BCUT2D eigenvalue weighted by Gasteiger charge is -2.19. The van der Waals surface area contributed by atoms with Crippen LogP contribution < -0.4 is 5.73 Å². The molecule has 1 heterocycles. The van der Waals surface area contributed by atoms with Crippen LogP contribution in [0.5, 0.6) is 0 Å². The first-order valence-corrected chi connectivity index (χ1v) is 5.35. The molecule has 0 saturated heterocycles. The lowest BCUT2D eigenvalue weighted by molar-refractivity contribution is 0.402. The first-order valence-electron chi connectivity index (χ1n) is 5.35. The molecule has 3 unspecified atom stereocenters. The van der Waals surface area contributed by atoms with Crippen molar-refractivity contribution in [3.8, 4) is 0 Å². The number of aromatic nitrogens is 2.